The number of benzene rings is 4. The van der Waals surface area contributed by atoms with Crippen molar-refractivity contribution in [2.75, 3.05) is 0 Å². The predicted octanol–water partition coefficient (Wildman–Crippen LogP) is 8.01. The van der Waals surface area contributed by atoms with Crippen LogP contribution in [0, 0.1) is 29.8 Å². The first-order valence-corrected chi connectivity index (χ1v) is 12.3. The zero-order chi connectivity index (χ0) is 28.6. The Bertz CT molecular complexity index is 1740. The summed E-state index contributed by atoms with van der Waals surface area (Å²) in [5, 5.41) is 16.1. The lowest BCUT2D eigenvalue weighted by Gasteiger charge is -2.13. The van der Waals surface area contributed by atoms with Gasteiger partial charge in [-0.2, -0.15) is 18.3 Å². The van der Waals surface area contributed by atoms with Crippen LogP contribution in [-0.4, -0.2) is 14.7 Å². The molecule has 0 fully saturated rings. The highest BCUT2D eigenvalue weighted by Gasteiger charge is 2.34. The average molecular weight is 550 g/mol. The van der Waals surface area contributed by atoms with Gasteiger partial charge in [-0.3, -0.25) is 14.8 Å². The van der Waals surface area contributed by atoms with Gasteiger partial charge in [0.25, 0.3) is 5.69 Å². The van der Waals surface area contributed by atoms with Gasteiger partial charge in [0.2, 0.25) is 0 Å². The number of hydrogen-bond donors (Lipinski definition) is 0. The summed E-state index contributed by atoms with van der Waals surface area (Å²) in [6.45, 7) is 3.71. The Hall–Kier alpha value is -4.73. The molecule has 1 heterocycles. The summed E-state index contributed by atoms with van der Waals surface area (Å²) >= 11 is 0. The molecule has 40 heavy (non-hydrogen) atoms. The van der Waals surface area contributed by atoms with Crippen molar-refractivity contribution in [2.45, 2.75) is 33.2 Å². The molecule has 0 aliphatic carbocycles. The first-order chi connectivity index (χ1) is 19.0. The highest BCUT2D eigenvalue weighted by molar-refractivity contribution is 5.95. The molecule has 6 nitrogen and oxygen atoms in total. The van der Waals surface area contributed by atoms with E-state index in [0.717, 1.165) is 28.8 Å². The molecule has 204 valence electrons. The molecule has 0 aliphatic rings. The number of ether oxygens (including phenoxy) is 1. The Balaban J connectivity index is 1.59. The molecule has 0 bridgehead atoms. The average Bonchev–Trinajstić information content (AvgIpc) is 3.27. The predicted molar refractivity (Wildman–Crippen MR) is 143 cm³/mol. The number of nitrogens with zero attached hydrogens (tertiary/aromatic N) is 3. The minimum Gasteiger partial charge on any atom is -0.489 e. The van der Waals surface area contributed by atoms with E-state index < -0.39 is 34.8 Å². The fraction of sp³-hybridized carbons (Fsp3) is 0.167. The molecule has 0 saturated heterocycles. The third-order valence-electron chi connectivity index (χ3n) is 6.68. The summed E-state index contributed by atoms with van der Waals surface area (Å²) in [5.41, 5.74) is 2.26. The summed E-state index contributed by atoms with van der Waals surface area (Å²) < 4.78 is 63.3. The van der Waals surface area contributed by atoms with Crippen molar-refractivity contribution in [3.8, 4) is 17.0 Å². The first kappa shape index (κ1) is 26.9. The Kier molecular flexibility index (Phi) is 7.01. The van der Waals surface area contributed by atoms with E-state index in [4.69, 9.17) is 4.74 Å². The van der Waals surface area contributed by atoms with E-state index in [-0.39, 0.29) is 23.4 Å². The Morgan fingerprint density at radius 1 is 0.975 bits per heavy atom. The van der Waals surface area contributed by atoms with Gasteiger partial charge in [-0.25, -0.2) is 4.39 Å². The lowest BCUT2D eigenvalue weighted by Crippen LogP contribution is -2.07. The molecule has 0 N–H and O–H groups in total. The van der Waals surface area contributed by atoms with Crippen LogP contribution < -0.4 is 4.74 Å². The molecule has 0 atom stereocenters. The van der Waals surface area contributed by atoms with E-state index in [9.17, 15) is 27.7 Å². The highest BCUT2D eigenvalue weighted by Crippen LogP contribution is 2.39. The standard InChI is InChI=1S/C30H23F4N3O3/c1-18-12-13-21(19(2)14-18)16-36-29(23-8-4-9-25(28(23)35-36)30(32,33)34)20-6-3-7-22(15-20)40-17-24-26(31)10-5-11-27(24)37(38)39/h3-15H,16-17H2,1-2H3. The number of aryl methyl sites for hydroxylation is 2. The molecule has 1 aromatic heterocycles. The zero-order valence-electron chi connectivity index (χ0n) is 21.5. The molecule has 0 unspecified atom stereocenters. The van der Waals surface area contributed by atoms with Gasteiger partial charge in [0, 0.05) is 17.0 Å². The summed E-state index contributed by atoms with van der Waals surface area (Å²) in [4.78, 5) is 10.7. The van der Waals surface area contributed by atoms with Crippen molar-refractivity contribution in [3.63, 3.8) is 0 Å². The van der Waals surface area contributed by atoms with Gasteiger partial charge in [-0.15, -0.1) is 0 Å². The van der Waals surface area contributed by atoms with Gasteiger partial charge in [-0.1, -0.05) is 54.1 Å². The van der Waals surface area contributed by atoms with Gasteiger partial charge in [0.15, 0.2) is 0 Å². The number of hydrogen-bond acceptors (Lipinski definition) is 4. The number of rotatable bonds is 7. The number of fused-ring (bicyclic) bond motifs is 1. The molecular weight excluding hydrogens is 526 g/mol. The number of aromatic nitrogens is 2. The summed E-state index contributed by atoms with van der Waals surface area (Å²) in [5.74, 6) is -0.517. The van der Waals surface area contributed by atoms with Crippen molar-refractivity contribution in [2.24, 2.45) is 0 Å². The maximum Gasteiger partial charge on any atom is 0.418 e. The first-order valence-electron chi connectivity index (χ1n) is 12.3. The lowest BCUT2D eigenvalue weighted by molar-refractivity contribution is -0.386. The maximum atomic E-state index is 14.4. The van der Waals surface area contributed by atoms with Crippen LogP contribution in [0.15, 0.2) is 78.9 Å². The molecule has 0 radical (unpaired) electrons. The van der Waals surface area contributed by atoms with E-state index >= 15 is 0 Å². The molecule has 5 aromatic rings. The largest absolute Gasteiger partial charge is 0.489 e. The molecule has 0 amide bonds. The molecule has 4 aromatic carbocycles. The topological polar surface area (TPSA) is 70.2 Å². The molecule has 10 heteroatoms. The van der Waals surface area contributed by atoms with E-state index in [0.29, 0.717) is 16.6 Å². The van der Waals surface area contributed by atoms with Crippen molar-refractivity contribution >= 4 is 16.6 Å². The molecule has 0 spiro atoms. The van der Waals surface area contributed by atoms with Gasteiger partial charge in [-0.05, 0) is 49.2 Å². The van der Waals surface area contributed by atoms with Crippen LogP contribution in [-0.2, 0) is 19.3 Å². The normalized spacial score (nSPS) is 11.7. The number of nitro groups is 1. The quantitative estimate of drug-likeness (QED) is 0.117. The second-order valence-electron chi connectivity index (χ2n) is 9.45. The maximum absolute atomic E-state index is 14.4. The smallest absolute Gasteiger partial charge is 0.418 e. The third-order valence-corrected chi connectivity index (χ3v) is 6.68. The van der Waals surface area contributed by atoms with Crippen molar-refractivity contribution in [1.29, 1.82) is 0 Å². The van der Waals surface area contributed by atoms with Crippen LogP contribution in [0.4, 0.5) is 23.2 Å². The van der Waals surface area contributed by atoms with Gasteiger partial charge in [0.1, 0.15) is 29.3 Å². The van der Waals surface area contributed by atoms with Crippen molar-refractivity contribution in [1.82, 2.24) is 9.78 Å². The zero-order valence-corrected chi connectivity index (χ0v) is 21.5. The van der Waals surface area contributed by atoms with Crippen LogP contribution in [0.2, 0.25) is 0 Å². The van der Waals surface area contributed by atoms with Crippen LogP contribution in [0.5, 0.6) is 5.75 Å². The summed E-state index contributed by atoms with van der Waals surface area (Å²) in [7, 11) is 0. The number of nitro benzene ring substituents is 1. The fourth-order valence-electron chi connectivity index (χ4n) is 4.73. The van der Waals surface area contributed by atoms with Gasteiger partial charge < -0.3 is 4.74 Å². The molecular formula is C30H23F4N3O3. The van der Waals surface area contributed by atoms with Crippen molar-refractivity contribution in [3.05, 3.63) is 123 Å². The monoisotopic (exact) mass is 549 g/mol. The minimum atomic E-state index is -4.60. The van der Waals surface area contributed by atoms with Crippen LogP contribution in [0.25, 0.3) is 22.2 Å². The summed E-state index contributed by atoms with van der Waals surface area (Å²) in [6.07, 6.45) is -4.60. The molecule has 5 rings (SSSR count). The van der Waals surface area contributed by atoms with Crippen molar-refractivity contribution < 1.29 is 27.2 Å². The summed E-state index contributed by atoms with van der Waals surface area (Å²) in [6, 6.07) is 19.9. The second kappa shape index (κ2) is 10.4. The van der Waals surface area contributed by atoms with Crippen LogP contribution in [0.3, 0.4) is 0 Å². The minimum absolute atomic E-state index is 0.178. The second-order valence-corrected chi connectivity index (χ2v) is 9.45. The SMILES string of the molecule is Cc1ccc(Cn2nc3c(C(F)(F)F)cccc3c2-c2cccc(OCc3c(F)cccc3[N+](=O)[O-])c2)c(C)c1. The van der Waals surface area contributed by atoms with Crippen LogP contribution in [0.1, 0.15) is 27.8 Å². The fourth-order valence-corrected chi connectivity index (χ4v) is 4.73. The highest BCUT2D eigenvalue weighted by atomic mass is 19.4. The number of alkyl halides is 3. The van der Waals surface area contributed by atoms with E-state index in [1.54, 1.807) is 35.0 Å². The van der Waals surface area contributed by atoms with E-state index in [1.807, 2.05) is 32.0 Å². The van der Waals surface area contributed by atoms with E-state index in [2.05, 4.69) is 5.10 Å². The van der Waals surface area contributed by atoms with Gasteiger partial charge >= 0.3 is 6.18 Å². The van der Waals surface area contributed by atoms with E-state index in [1.165, 1.54) is 18.2 Å². The third kappa shape index (κ3) is 5.25. The Morgan fingerprint density at radius 3 is 2.45 bits per heavy atom. The lowest BCUT2D eigenvalue weighted by atomic mass is 10.0. The van der Waals surface area contributed by atoms with Gasteiger partial charge in [0.05, 0.1) is 22.7 Å². The Morgan fingerprint density at radius 2 is 1.73 bits per heavy atom. The van der Waals surface area contributed by atoms with Crippen LogP contribution >= 0.6 is 0 Å². The molecule has 0 saturated carbocycles. The Labute approximate surface area is 226 Å². The number of halogens is 4. The molecule has 0 aliphatic heterocycles.